The highest BCUT2D eigenvalue weighted by atomic mass is 16.2. The van der Waals surface area contributed by atoms with E-state index in [-0.39, 0.29) is 11.9 Å². The van der Waals surface area contributed by atoms with E-state index in [0.29, 0.717) is 24.3 Å². The quantitative estimate of drug-likeness (QED) is 0.882. The van der Waals surface area contributed by atoms with E-state index in [1.54, 1.807) is 6.20 Å². The highest BCUT2D eigenvalue weighted by molar-refractivity contribution is 6.01. The average molecular weight is 322 g/mol. The molecule has 1 amide bonds. The second kappa shape index (κ2) is 6.93. The summed E-state index contributed by atoms with van der Waals surface area (Å²) in [4.78, 5) is 15.1. The molecule has 3 rings (SSSR count). The van der Waals surface area contributed by atoms with E-state index >= 15 is 0 Å². The molecule has 0 unspecified atom stereocenters. The monoisotopic (exact) mass is 322 g/mol. The Bertz CT molecular complexity index is 757. The van der Waals surface area contributed by atoms with Crippen molar-refractivity contribution >= 4 is 5.91 Å². The number of aromatic nitrogens is 2. The Morgan fingerprint density at radius 3 is 2.96 bits per heavy atom. The van der Waals surface area contributed by atoms with Crippen molar-refractivity contribution in [2.75, 3.05) is 13.1 Å². The molecule has 0 spiro atoms. The molecule has 0 saturated carbocycles. The van der Waals surface area contributed by atoms with Crippen molar-refractivity contribution in [2.45, 2.75) is 25.8 Å². The number of nitrogens with zero attached hydrogens (tertiary/aromatic N) is 3. The van der Waals surface area contributed by atoms with Crippen LogP contribution in [0.2, 0.25) is 0 Å². The molecule has 24 heavy (non-hydrogen) atoms. The van der Waals surface area contributed by atoms with Gasteiger partial charge in [-0.2, -0.15) is 10.2 Å². The lowest BCUT2D eigenvalue weighted by Gasteiger charge is -2.37. The van der Waals surface area contributed by atoms with Gasteiger partial charge >= 0.3 is 0 Å². The van der Waals surface area contributed by atoms with Gasteiger partial charge in [0.1, 0.15) is 0 Å². The van der Waals surface area contributed by atoms with Crippen LogP contribution in [0.3, 0.4) is 0 Å². The lowest BCUT2D eigenvalue weighted by atomic mass is 9.94. The number of hydrogen-bond acceptors (Lipinski definition) is 4. The van der Waals surface area contributed by atoms with Crippen molar-refractivity contribution in [2.24, 2.45) is 5.73 Å². The fourth-order valence-electron chi connectivity index (χ4n) is 3.21. The summed E-state index contributed by atoms with van der Waals surface area (Å²) in [5.41, 5.74) is 10.1. The van der Waals surface area contributed by atoms with Gasteiger partial charge < -0.3 is 10.6 Å². The van der Waals surface area contributed by atoms with Gasteiger partial charge in [0.25, 0.3) is 5.91 Å². The maximum atomic E-state index is 13.2. The molecule has 2 heterocycles. The summed E-state index contributed by atoms with van der Waals surface area (Å²) in [6, 6.07) is 9.42. The van der Waals surface area contributed by atoms with Gasteiger partial charge in [0.2, 0.25) is 0 Å². The molecule has 0 radical (unpaired) electrons. The number of rotatable bonds is 3. The number of hydrogen-bond donors (Lipinski definition) is 1. The number of piperidine rings is 1. The van der Waals surface area contributed by atoms with Crippen LogP contribution >= 0.6 is 0 Å². The molecule has 1 atom stereocenters. The van der Waals surface area contributed by atoms with Crippen LogP contribution in [-0.4, -0.2) is 40.1 Å². The van der Waals surface area contributed by atoms with E-state index in [1.165, 1.54) is 0 Å². The first-order chi connectivity index (χ1) is 11.6. The molecule has 1 aliphatic rings. The first-order valence-electron chi connectivity index (χ1n) is 8.19. The highest BCUT2D eigenvalue weighted by Crippen LogP contribution is 2.28. The van der Waals surface area contributed by atoms with Crippen molar-refractivity contribution in [1.82, 2.24) is 15.1 Å². The zero-order valence-corrected chi connectivity index (χ0v) is 13.9. The number of aryl methyl sites for hydroxylation is 1. The van der Waals surface area contributed by atoms with Gasteiger partial charge in [-0.15, -0.1) is 0 Å². The summed E-state index contributed by atoms with van der Waals surface area (Å²) in [5, 5.41) is 8.09. The smallest absolute Gasteiger partial charge is 0.255 e. The van der Waals surface area contributed by atoms with Gasteiger partial charge in [-0.05, 0) is 38.0 Å². The number of likely N-dealkylation sites (tertiary alicyclic amines) is 1. The molecule has 1 saturated heterocycles. The van der Waals surface area contributed by atoms with E-state index in [4.69, 9.17) is 5.73 Å². The minimum Gasteiger partial charge on any atom is -0.331 e. The third-order valence-corrected chi connectivity index (χ3v) is 4.48. The summed E-state index contributed by atoms with van der Waals surface area (Å²) >= 11 is 0. The maximum absolute atomic E-state index is 13.2. The Labute approximate surface area is 142 Å². The first-order valence-corrected chi connectivity index (χ1v) is 8.19. The SMILES string of the molecule is C=C1CCCN(C(=O)c2cc(C)ccc2-c2cccnn2)[C@@H]1CN. The van der Waals surface area contributed by atoms with E-state index in [0.717, 1.165) is 29.5 Å². The van der Waals surface area contributed by atoms with Crippen LogP contribution in [0.15, 0.2) is 48.7 Å². The summed E-state index contributed by atoms with van der Waals surface area (Å²) in [7, 11) is 0. The van der Waals surface area contributed by atoms with E-state index in [9.17, 15) is 4.79 Å². The fraction of sp³-hybridized carbons (Fsp3) is 0.316. The van der Waals surface area contributed by atoms with E-state index < -0.39 is 0 Å². The molecule has 2 aromatic rings. The summed E-state index contributed by atoms with van der Waals surface area (Å²) in [6.07, 6.45) is 3.47. The summed E-state index contributed by atoms with van der Waals surface area (Å²) in [5.74, 6) is -0.0179. The molecule has 1 aromatic heterocycles. The predicted molar refractivity (Wildman–Crippen MR) is 94.5 cm³/mol. The zero-order valence-electron chi connectivity index (χ0n) is 13.9. The summed E-state index contributed by atoms with van der Waals surface area (Å²) in [6.45, 7) is 7.18. The van der Waals surface area contributed by atoms with Crippen LogP contribution in [0.1, 0.15) is 28.8 Å². The molecule has 0 bridgehead atoms. The number of amides is 1. The lowest BCUT2D eigenvalue weighted by molar-refractivity contribution is 0.0681. The van der Waals surface area contributed by atoms with Crippen LogP contribution in [0.4, 0.5) is 0 Å². The Morgan fingerprint density at radius 2 is 2.25 bits per heavy atom. The second-order valence-corrected chi connectivity index (χ2v) is 6.17. The molecule has 5 heteroatoms. The Morgan fingerprint density at radius 1 is 1.42 bits per heavy atom. The number of benzene rings is 1. The predicted octanol–water partition coefficient (Wildman–Crippen LogP) is 2.57. The maximum Gasteiger partial charge on any atom is 0.255 e. The highest BCUT2D eigenvalue weighted by Gasteiger charge is 2.30. The van der Waals surface area contributed by atoms with E-state index in [1.807, 2.05) is 42.2 Å². The minimum absolute atomic E-state index is 0.0179. The van der Waals surface area contributed by atoms with Crippen molar-refractivity contribution in [3.8, 4) is 11.3 Å². The molecule has 1 fully saturated rings. The standard InChI is InChI=1S/C19H22N4O/c1-13-7-8-15(17-6-3-9-21-22-17)16(11-13)19(24)23-10-4-5-14(2)18(23)12-20/h3,6-9,11,18H,2,4-5,10,12,20H2,1H3/t18-/m1/s1. The number of carbonyl (C=O) groups excluding carboxylic acids is 1. The Hall–Kier alpha value is -2.53. The molecule has 1 aliphatic heterocycles. The summed E-state index contributed by atoms with van der Waals surface area (Å²) < 4.78 is 0. The van der Waals surface area contributed by atoms with Gasteiger partial charge in [-0.3, -0.25) is 4.79 Å². The van der Waals surface area contributed by atoms with Crippen molar-refractivity contribution in [3.63, 3.8) is 0 Å². The van der Waals surface area contributed by atoms with Crippen molar-refractivity contribution < 1.29 is 4.79 Å². The molecule has 5 nitrogen and oxygen atoms in total. The molecular weight excluding hydrogens is 300 g/mol. The molecule has 2 N–H and O–H groups in total. The fourth-order valence-corrected chi connectivity index (χ4v) is 3.21. The molecule has 0 aliphatic carbocycles. The molecule has 1 aromatic carbocycles. The third kappa shape index (κ3) is 3.08. The average Bonchev–Trinajstić information content (AvgIpc) is 2.61. The van der Waals surface area contributed by atoms with Crippen LogP contribution in [0.5, 0.6) is 0 Å². The zero-order chi connectivity index (χ0) is 17.1. The largest absolute Gasteiger partial charge is 0.331 e. The second-order valence-electron chi connectivity index (χ2n) is 6.17. The Balaban J connectivity index is 2.03. The van der Waals surface area contributed by atoms with Gasteiger partial charge in [0, 0.05) is 30.4 Å². The molecule has 124 valence electrons. The normalized spacial score (nSPS) is 17.8. The van der Waals surface area contributed by atoms with Crippen molar-refractivity contribution in [3.05, 3.63) is 59.8 Å². The van der Waals surface area contributed by atoms with Crippen LogP contribution in [0, 0.1) is 6.92 Å². The van der Waals surface area contributed by atoms with Gasteiger partial charge in [0.15, 0.2) is 0 Å². The van der Waals surface area contributed by atoms with Crippen LogP contribution in [0.25, 0.3) is 11.3 Å². The van der Waals surface area contributed by atoms with Gasteiger partial charge in [0.05, 0.1) is 11.7 Å². The van der Waals surface area contributed by atoms with Gasteiger partial charge in [-0.1, -0.05) is 29.8 Å². The topological polar surface area (TPSA) is 72.1 Å². The van der Waals surface area contributed by atoms with Crippen LogP contribution < -0.4 is 5.73 Å². The first kappa shape index (κ1) is 16.3. The van der Waals surface area contributed by atoms with Crippen molar-refractivity contribution in [1.29, 1.82) is 0 Å². The lowest BCUT2D eigenvalue weighted by Crippen LogP contribution is -2.48. The van der Waals surface area contributed by atoms with Crippen LogP contribution in [-0.2, 0) is 0 Å². The van der Waals surface area contributed by atoms with Gasteiger partial charge in [-0.25, -0.2) is 0 Å². The van der Waals surface area contributed by atoms with E-state index in [2.05, 4.69) is 16.8 Å². The number of carbonyl (C=O) groups is 1. The number of nitrogens with two attached hydrogens (primary N) is 1. The third-order valence-electron chi connectivity index (χ3n) is 4.48. The Kier molecular flexibility index (Phi) is 4.71. The molecular formula is C19H22N4O. The minimum atomic E-state index is -0.0959.